The Labute approximate surface area is 102 Å². The van der Waals surface area contributed by atoms with Crippen LogP contribution in [0.15, 0.2) is 0 Å². The summed E-state index contributed by atoms with van der Waals surface area (Å²) in [6.45, 7) is 7.24. The molecular formula is C11H21N5O. The summed E-state index contributed by atoms with van der Waals surface area (Å²) < 4.78 is 1.87. The van der Waals surface area contributed by atoms with E-state index in [0.29, 0.717) is 0 Å². The van der Waals surface area contributed by atoms with Gasteiger partial charge in [-0.05, 0) is 23.3 Å². The maximum atomic E-state index is 9.93. The standard InChI is InChI=1S/C11H21N5O/c1-3-5-6-16-10(12-13-14-16)7-15-8-11(17,4-2)9-15/h17H,3-9H2,1-2H3. The topological polar surface area (TPSA) is 67.1 Å². The smallest absolute Gasteiger partial charge is 0.165 e. The molecule has 17 heavy (non-hydrogen) atoms. The molecular weight excluding hydrogens is 218 g/mol. The van der Waals surface area contributed by atoms with Crippen LogP contribution in [0.25, 0.3) is 0 Å². The van der Waals surface area contributed by atoms with Gasteiger partial charge in [0.15, 0.2) is 5.82 Å². The van der Waals surface area contributed by atoms with Crippen molar-refractivity contribution in [2.45, 2.75) is 51.8 Å². The van der Waals surface area contributed by atoms with Gasteiger partial charge in [0, 0.05) is 19.6 Å². The molecule has 1 aromatic heterocycles. The fourth-order valence-corrected chi connectivity index (χ4v) is 2.14. The van der Waals surface area contributed by atoms with Crippen molar-refractivity contribution in [2.24, 2.45) is 0 Å². The van der Waals surface area contributed by atoms with Crippen molar-refractivity contribution in [2.75, 3.05) is 13.1 Å². The summed E-state index contributed by atoms with van der Waals surface area (Å²) in [5.74, 6) is 0.900. The molecule has 0 bridgehead atoms. The highest BCUT2D eigenvalue weighted by Gasteiger charge is 2.39. The van der Waals surface area contributed by atoms with E-state index in [9.17, 15) is 5.11 Å². The first kappa shape index (κ1) is 12.4. The van der Waals surface area contributed by atoms with Crippen LogP contribution in [0.1, 0.15) is 38.9 Å². The lowest BCUT2D eigenvalue weighted by Gasteiger charge is -2.45. The van der Waals surface area contributed by atoms with Gasteiger partial charge in [-0.3, -0.25) is 4.90 Å². The second kappa shape index (κ2) is 5.10. The van der Waals surface area contributed by atoms with Crippen molar-refractivity contribution in [3.8, 4) is 0 Å². The Balaban J connectivity index is 1.86. The summed E-state index contributed by atoms with van der Waals surface area (Å²) in [6.07, 6.45) is 3.04. The van der Waals surface area contributed by atoms with E-state index in [-0.39, 0.29) is 0 Å². The van der Waals surface area contributed by atoms with Gasteiger partial charge in [-0.15, -0.1) is 5.10 Å². The Kier molecular flexibility index (Phi) is 3.73. The lowest BCUT2D eigenvalue weighted by molar-refractivity contribution is -0.104. The summed E-state index contributed by atoms with van der Waals surface area (Å²) in [4.78, 5) is 2.18. The zero-order valence-corrected chi connectivity index (χ0v) is 10.6. The van der Waals surface area contributed by atoms with E-state index >= 15 is 0 Å². The number of rotatable bonds is 6. The molecule has 0 aromatic carbocycles. The molecule has 1 aliphatic rings. The molecule has 1 N–H and O–H groups in total. The number of unbranched alkanes of at least 4 members (excludes halogenated alkanes) is 1. The predicted octanol–water partition coefficient (Wildman–Crippen LogP) is 0.430. The van der Waals surface area contributed by atoms with E-state index in [2.05, 4.69) is 27.3 Å². The van der Waals surface area contributed by atoms with Gasteiger partial charge in [-0.25, -0.2) is 4.68 Å². The molecule has 2 heterocycles. The zero-order valence-electron chi connectivity index (χ0n) is 10.6. The van der Waals surface area contributed by atoms with E-state index < -0.39 is 5.60 Å². The first-order valence-corrected chi connectivity index (χ1v) is 6.36. The third-order valence-electron chi connectivity index (χ3n) is 3.39. The number of likely N-dealkylation sites (tertiary alicyclic amines) is 1. The van der Waals surface area contributed by atoms with Gasteiger partial charge in [-0.2, -0.15) is 0 Å². The monoisotopic (exact) mass is 239 g/mol. The van der Waals surface area contributed by atoms with Crippen molar-refractivity contribution in [1.29, 1.82) is 0 Å². The van der Waals surface area contributed by atoms with Gasteiger partial charge in [0.05, 0.1) is 12.1 Å². The summed E-state index contributed by atoms with van der Waals surface area (Å²) >= 11 is 0. The highest BCUT2D eigenvalue weighted by Crippen LogP contribution is 2.25. The van der Waals surface area contributed by atoms with Gasteiger partial charge in [0.2, 0.25) is 0 Å². The zero-order chi connectivity index (χ0) is 12.3. The van der Waals surface area contributed by atoms with Crippen LogP contribution in [-0.2, 0) is 13.1 Å². The predicted molar refractivity (Wildman–Crippen MR) is 63.2 cm³/mol. The molecule has 0 amide bonds. The van der Waals surface area contributed by atoms with E-state index in [1.807, 2.05) is 11.6 Å². The highest BCUT2D eigenvalue weighted by atomic mass is 16.3. The van der Waals surface area contributed by atoms with Crippen LogP contribution in [0.3, 0.4) is 0 Å². The van der Waals surface area contributed by atoms with Crippen LogP contribution in [0, 0.1) is 0 Å². The Morgan fingerprint density at radius 2 is 2.12 bits per heavy atom. The number of nitrogens with zero attached hydrogens (tertiary/aromatic N) is 5. The van der Waals surface area contributed by atoms with Gasteiger partial charge in [0.1, 0.15) is 0 Å². The molecule has 1 fully saturated rings. The summed E-state index contributed by atoms with van der Waals surface area (Å²) in [5, 5.41) is 21.7. The Bertz CT molecular complexity index is 358. The minimum atomic E-state index is -0.484. The molecule has 0 atom stereocenters. The van der Waals surface area contributed by atoms with Crippen molar-refractivity contribution < 1.29 is 5.11 Å². The Morgan fingerprint density at radius 1 is 1.35 bits per heavy atom. The number of aliphatic hydroxyl groups is 1. The van der Waals surface area contributed by atoms with E-state index in [4.69, 9.17) is 0 Å². The maximum absolute atomic E-state index is 9.93. The van der Waals surface area contributed by atoms with Gasteiger partial charge >= 0.3 is 0 Å². The van der Waals surface area contributed by atoms with Crippen LogP contribution >= 0.6 is 0 Å². The van der Waals surface area contributed by atoms with E-state index in [0.717, 1.165) is 51.3 Å². The van der Waals surface area contributed by atoms with Crippen molar-refractivity contribution in [3.05, 3.63) is 5.82 Å². The quantitative estimate of drug-likeness (QED) is 0.779. The number of β-amino-alcohol motifs (C(OH)–C–C–N with tert-alkyl or cyclic N) is 1. The van der Waals surface area contributed by atoms with Crippen LogP contribution in [0.4, 0.5) is 0 Å². The Morgan fingerprint density at radius 3 is 2.76 bits per heavy atom. The van der Waals surface area contributed by atoms with Crippen LogP contribution in [0.2, 0.25) is 0 Å². The summed E-state index contributed by atoms with van der Waals surface area (Å²) in [5.41, 5.74) is -0.484. The molecule has 0 radical (unpaired) electrons. The summed E-state index contributed by atoms with van der Waals surface area (Å²) in [7, 11) is 0. The van der Waals surface area contributed by atoms with Crippen molar-refractivity contribution in [1.82, 2.24) is 25.1 Å². The van der Waals surface area contributed by atoms with Crippen LogP contribution in [-0.4, -0.2) is 48.9 Å². The first-order valence-electron chi connectivity index (χ1n) is 6.36. The number of hydrogen-bond donors (Lipinski definition) is 1. The summed E-state index contributed by atoms with van der Waals surface area (Å²) in [6, 6.07) is 0. The minimum Gasteiger partial charge on any atom is -0.387 e. The molecule has 6 heteroatoms. The molecule has 0 saturated carbocycles. The molecule has 0 aliphatic carbocycles. The largest absolute Gasteiger partial charge is 0.387 e. The number of hydrogen-bond acceptors (Lipinski definition) is 5. The molecule has 1 aliphatic heterocycles. The van der Waals surface area contributed by atoms with Gasteiger partial charge in [0.25, 0.3) is 0 Å². The van der Waals surface area contributed by atoms with Crippen molar-refractivity contribution in [3.63, 3.8) is 0 Å². The number of aryl methyl sites for hydroxylation is 1. The number of tetrazole rings is 1. The van der Waals surface area contributed by atoms with Crippen LogP contribution in [0.5, 0.6) is 0 Å². The lowest BCUT2D eigenvalue weighted by Crippen LogP contribution is -2.60. The molecule has 1 saturated heterocycles. The highest BCUT2D eigenvalue weighted by molar-refractivity contribution is 4.96. The van der Waals surface area contributed by atoms with E-state index in [1.54, 1.807) is 0 Å². The first-order chi connectivity index (χ1) is 8.17. The fraction of sp³-hybridized carbons (Fsp3) is 0.909. The van der Waals surface area contributed by atoms with Crippen LogP contribution < -0.4 is 0 Å². The minimum absolute atomic E-state index is 0.484. The molecule has 0 spiro atoms. The molecule has 6 nitrogen and oxygen atoms in total. The second-order valence-electron chi connectivity index (χ2n) is 4.89. The lowest BCUT2D eigenvalue weighted by atomic mass is 9.91. The average Bonchev–Trinajstić information content (AvgIpc) is 2.71. The fourth-order valence-electron chi connectivity index (χ4n) is 2.14. The third-order valence-corrected chi connectivity index (χ3v) is 3.39. The average molecular weight is 239 g/mol. The molecule has 2 rings (SSSR count). The molecule has 96 valence electrons. The van der Waals surface area contributed by atoms with Crippen molar-refractivity contribution >= 4 is 0 Å². The molecule has 0 unspecified atom stereocenters. The number of aromatic nitrogens is 4. The van der Waals surface area contributed by atoms with Gasteiger partial charge < -0.3 is 5.11 Å². The SMILES string of the molecule is CCCCn1nnnc1CN1CC(O)(CC)C1. The Hall–Kier alpha value is -1.01. The maximum Gasteiger partial charge on any atom is 0.165 e. The van der Waals surface area contributed by atoms with Gasteiger partial charge in [-0.1, -0.05) is 20.3 Å². The second-order valence-corrected chi connectivity index (χ2v) is 4.89. The third kappa shape index (κ3) is 2.81. The normalized spacial score (nSPS) is 19.2. The van der Waals surface area contributed by atoms with E-state index in [1.165, 1.54) is 0 Å². The molecule has 1 aromatic rings.